The van der Waals surface area contributed by atoms with Crippen molar-refractivity contribution in [2.24, 2.45) is 35.5 Å². The molecule has 7 aliphatic rings. The van der Waals surface area contributed by atoms with E-state index < -0.39 is 180 Å². The average Bonchev–Trinajstić information content (AvgIpc) is 1.51. The van der Waals surface area contributed by atoms with Crippen molar-refractivity contribution < 1.29 is 75.1 Å². The maximum atomic E-state index is 15.6. The predicted molar refractivity (Wildman–Crippen MR) is 375 cm³/mol. The minimum Gasteiger partial charge on any atom is -0.347 e. The largest absolute Gasteiger partial charge is 0.393 e. The Morgan fingerprint density at radius 1 is 0.608 bits per heavy atom. The highest BCUT2D eigenvalue weighted by molar-refractivity contribution is 6.21. The van der Waals surface area contributed by atoms with Gasteiger partial charge >= 0.3 is 6.18 Å². The van der Waals surface area contributed by atoms with Gasteiger partial charge in [0, 0.05) is 74.8 Å². The van der Waals surface area contributed by atoms with E-state index in [9.17, 15) is 46.3 Å². The molecule has 4 saturated carbocycles. The molecule has 0 aromatic heterocycles. The van der Waals surface area contributed by atoms with Crippen LogP contribution in [0.25, 0.3) is 0 Å². The highest BCUT2D eigenvalue weighted by atomic mass is 35.5. The molecule has 4 aliphatic carbocycles. The molecule has 24 nitrogen and oxygen atoms in total. The normalized spacial score (nSPS) is 31.5. The summed E-state index contributed by atoms with van der Waals surface area (Å²) in [6.45, 7) is 6.27. The smallest absolute Gasteiger partial charge is 0.347 e. The first-order chi connectivity index (χ1) is 48.0. The van der Waals surface area contributed by atoms with Crippen LogP contribution in [0.2, 0.25) is 0 Å². The van der Waals surface area contributed by atoms with Gasteiger partial charge in [-0.25, -0.2) is 4.39 Å². The summed E-state index contributed by atoms with van der Waals surface area (Å²) in [5.74, 6) is -11.2. The summed E-state index contributed by atoms with van der Waals surface area (Å²) in [5.41, 5.74) is -1.57. The van der Waals surface area contributed by atoms with Crippen LogP contribution in [0.1, 0.15) is 201 Å². The third-order valence-electron chi connectivity index (χ3n) is 23.6. The van der Waals surface area contributed by atoms with Gasteiger partial charge in [-0.1, -0.05) is 72.6 Å². The fraction of sp³-hybridized carbons (Fsp3) is 0.836. The Hall–Kier alpha value is -6.35. The number of rotatable bonds is 11. The van der Waals surface area contributed by atoms with Crippen molar-refractivity contribution >= 4 is 82.5 Å². The Bertz CT molecular complexity index is 2980. The van der Waals surface area contributed by atoms with Crippen molar-refractivity contribution in [1.29, 1.82) is 0 Å². The molecule has 12 amide bonds. The Balaban J connectivity index is 1.29. The number of fused-ring (bicyclic) bond motifs is 3. The zero-order valence-electron chi connectivity index (χ0n) is 62.5. The third kappa shape index (κ3) is 20.4. The van der Waals surface area contributed by atoms with Crippen molar-refractivity contribution in [3.8, 4) is 0 Å². The van der Waals surface area contributed by atoms with Crippen LogP contribution < -0.4 is 16.0 Å². The van der Waals surface area contributed by atoms with Crippen LogP contribution in [0.3, 0.4) is 0 Å². The fourth-order valence-electron chi connectivity index (χ4n) is 17.0. The SMILES string of the molecule is CC[C@H](C)[C@@H]1NC(=O)[C@H](CC(C)C)N(C)C(=O)C[C@@H](C(=O)N(C)C)N(C)C(=O)[C@H](C2CCCC2)N(C)C(=O)C2(CCCC2)NC(=O)[C@@H]2CCCN2C(=O)[C@H](CCC2CCC(C(F)(F)F)C(Cl)C2)NC(=O)CN(C)C(=O)[C@H](CC2CCC(F)CC2)N2CCCCC[C@@H](C2=O)N(C)C(=O)CN(C)C1=O. The number of nitrogens with zero attached hydrogens (tertiary/aromatic N) is 9. The Morgan fingerprint density at radius 2 is 1.22 bits per heavy atom. The second kappa shape index (κ2) is 36.6. The van der Waals surface area contributed by atoms with E-state index in [0.29, 0.717) is 70.6 Å². The van der Waals surface area contributed by atoms with E-state index in [1.807, 2.05) is 20.8 Å². The van der Waals surface area contributed by atoms with Gasteiger partial charge < -0.3 is 60.0 Å². The Morgan fingerprint density at radius 3 is 1.82 bits per heavy atom. The van der Waals surface area contributed by atoms with Gasteiger partial charge in [0.1, 0.15) is 60.0 Å². The summed E-state index contributed by atoms with van der Waals surface area (Å²) in [4.78, 5) is 192. The lowest BCUT2D eigenvalue weighted by Crippen LogP contribution is -2.65. The molecule has 3 aliphatic heterocycles. The van der Waals surface area contributed by atoms with Crippen molar-refractivity contribution in [2.45, 2.75) is 273 Å². The summed E-state index contributed by atoms with van der Waals surface area (Å²) >= 11 is 6.42. The van der Waals surface area contributed by atoms with E-state index in [1.54, 1.807) is 6.92 Å². The van der Waals surface area contributed by atoms with Crippen LogP contribution in [-0.2, 0) is 57.5 Å². The van der Waals surface area contributed by atoms with Crippen molar-refractivity contribution in [3.05, 3.63) is 0 Å². The molecular formula is C73H117ClF4N12O12. The number of nitrogens with one attached hydrogen (secondary N) is 3. The van der Waals surface area contributed by atoms with Gasteiger partial charge in [0.25, 0.3) is 0 Å². The first kappa shape index (κ1) is 82.9. The maximum Gasteiger partial charge on any atom is 0.393 e. The standard InChI is InChI=1S/C73H117ClF4N12O12/c1-13-45(4)61-69(100)84(8)43-60(93)85(9)54-24-15-14-20-36-90(68(54)99)57(40-47-26-30-49(75)31-27-47)67(98)83(7)42-58(91)79-52(33-29-46-28-32-50(51(74)39-46)73(76,77)78)65(96)89-37-21-25-53(89)64(95)81-72(34-18-19-35-72)71(102)88(12)62(48-22-16-17-23-48)70(101)87(11)56(66(97)82(5)6)41-59(92)86(10)55(38-44(2)3)63(94)80-61/h44-57,61-62H,13-43H2,1-12H3,(H,79,91)(H,80,94)(H,81,95)/t45-,46?,47?,49?,50?,51?,52-,53-,54-,55-,56-,57-,61-,62-/m0/s1. The van der Waals surface area contributed by atoms with Gasteiger partial charge in [-0.3, -0.25) is 57.5 Å². The number of carbonyl (C=O) groups excluding carboxylic acids is 12. The molecule has 3 unspecified atom stereocenters. The third-order valence-corrected chi connectivity index (χ3v) is 24.0. The van der Waals surface area contributed by atoms with E-state index in [1.165, 1.54) is 95.6 Å². The topological polar surface area (TPSA) is 270 Å². The molecule has 0 aromatic rings. The molecular weight excluding hydrogens is 1350 g/mol. The van der Waals surface area contributed by atoms with Crippen LogP contribution in [0.15, 0.2) is 0 Å². The van der Waals surface area contributed by atoms with Crippen molar-refractivity contribution in [2.75, 3.05) is 82.6 Å². The minimum atomic E-state index is -4.52. The van der Waals surface area contributed by atoms with Gasteiger partial charge in [-0.15, -0.1) is 11.6 Å². The lowest BCUT2D eigenvalue weighted by atomic mass is 9.78. The molecule has 1 spiro atoms. The van der Waals surface area contributed by atoms with Crippen molar-refractivity contribution in [1.82, 2.24) is 60.0 Å². The summed E-state index contributed by atoms with van der Waals surface area (Å²) in [5, 5.41) is 7.58. The van der Waals surface area contributed by atoms with E-state index in [-0.39, 0.29) is 114 Å². The van der Waals surface area contributed by atoms with E-state index in [0.717, 1.165) is 17.7 Å². The molecule has 0 aromatic carbocycles. The molecule has 2 bridgehead atoms. The van der Waals surface area contributed by atoms with Crippen LogP contribution in [0, 0.1) is 35.5 Å². The van der Waals surface area contributed by atoms with Crippen LogP contribution in [0.5, 0.6) is 0 Å². The molecule has 29 heteroatoms. The molecule has 3 saturated heterocycles. The lowest BCUT2D eigenvalue weighted by Gasteiger charge is -2.42. The second-order valence-corrected chi connectivity index (χ2v) is 32.1. The van der Waals surface area contributed by atoms with Gasteiger partial charge in [0.05, 0.1) is 25.4 Å². The number of hydrogen-bond donors (Lipinski definition) is 3. The van der Waals surface area contributed by atoms with E-state index >= 15 is 28.8 Å². The number of hydrogen-bond acceptors (Lipinski definition) is 12. The summed E-state index contributed by atoms with van der Waals surface area (Å²) in [6.07, 6.45) is 1.92. The van der Waals surface area contributed by atoms with Crippen LogP contribution >= 0.6 is 11.6 Å². The zero-order chi connectivity index (χ0) is 75.4. The molecule has 7 rings (SSSR count). The van der Waals surface area contributed by atoms with Gasteiger partial charge in [-0.2, -0.15) is 13.2 Å². The lowest BCUT2D eigenvalue weighted by molar-refractivity contribution is -0.182. The monoisotopic (exact) mass is 1460 g/mol. The zero-order valence-corrected chi connectivity index (χ0v) is 63.2. The Labute approximate surface area is 605 Å². The molecule has 576 valence electrons. The second-order valence-electron chi connectivity index (χ2n) is 31.5. The maximum absolute atomic E-state index is 15.6. The Kier molecular flexibility index (Phi) is 29.7. The van der Waals surface area contributed by atoms with Gasteiger partial charge in [0.15, 0.2) is 0 Å². The number of halogens is 5. The quantitative estimate of drug-likeness (QED) is 0.149. The molecule has 102 heavy (non-hydrogen) atoms. The summed E-state index contributed by atoms with van der Waals surface area (Å²) < 4.78 is 56.9. The average molecular weight is 1470 g/mol. The highest BCUT2D eigenvalue weighted by Gasteiger charge is 2.53. The molecule has 0 radical (unpaired) electrons. The van der Waals surface area contributed by atoms with Gasteiger partial charge in [0.2, 0.25) is 70.9 Å². The fourth-order valence-corrected chi connectivity index (χ4v) is 17.5. The van der Waals surface area contributed by atoms with Crippen LogP contribution in [0.4, 0.5) is 17.6 Å². The number of amides is 12. The highest BCUT2D eigenvalue weighted by Crippen LogP contribution is 2.44. The molecule has 3 heterocycles. The number of alkyl halides is 5. The molecule has 12 atom stereocenters. The van der Waals surface area contributed by atoms with Crippen LogP contribution in [-0.4, -0.2) is 269 Å². The minimum absolute atomic E-state index is 0.0174. The first-order valence-electron chi connectivity index (χ1n) is 37.7. The first-order valence-corrected chi connectivity index (χ1v) is 38.1. The molecule has 7 fully saturated rings. The van der Waals surface area contributed by atoms with Gasteiger partial charge in [-0.05, 0) is 152 Å². The summed E-state index contributed by atoms with van der Waals surface area (Å²) in [7, 11) is 11.5. The molecule has 3 N–H and O–H groups in total. The summed E-state index contributed by atoms with van der Waals surface area (Å²) in [6, 6.07) is -9.93. The van der Waals surface area contributed by atoms with E-state index in [4.69, 9.17) is 11.6 Å². The van der Waals surface area contributed by atoms with Crippen molar-refractivity contribution in [3.63, 3.8) is 0 Å². The number of carbonyl (C=O) groups is 12. The number of likely N-dealkylation sites (N-methyl/N-ethyl adjacent to an activating group) is 7. The predicted octanol–water partition coefficient (Wildman–Crippen LogP) is 6.43. The van der Waals surface area contributed by atoms with E-state index in [2.05, 4.69) is 16.0 Å².